The maximum Gasteiger partial charge on any atom is 0.407 e. The SMILES string of the molecule is CC(C)(C)OC(=O)N[C@@H]1CCC(Nc2ncc(Cl)c(-c3cccnc3)n2)C1.Cl.N[C@@H]1CCC(Nc2ncc(Cl)c(-c3cccnc3)n2)C1. The first-order valence-corrected chi connectivity index (χ1v) is 16.4. The van der Waals surface area contributed by atoms with Crippen LogP contribution in [0.3, 0.4) is 0 Å². The second-order valence-corrected chi connectivity index (χ2v) is 13.5. The van der Waals surface area contributed by atoms with Gasteiger partial charge in [-0.3, -0.25) is 9.97 Å². The first-order valence-electron chi connectivity index (χ1n) is 15.7. The van der Waals surface area contributed by atoms with Crippen molar-refractivity contribution in [2.45, 2.75) is 89.1 Å². The Bertz CT molecular complexity index is 1630. The van der Waals surface area contributed by atoms with Crippen LogP contribution < -0.4 is 21.7 Å². The number of anilines is 2. The van der Waals surface area contributed by atoms with Gasteiger partial charge in [-0.05, 0) is 83.6 Å². The molecule has 4 heterocycles. The molecule has 4 aromatic rings. The molecule has 12 nitrogen and oxygen atoms in total. The van der Waals surface area contributed by atoms with Crippen molar-refractivity contribution in [3.05, 3.63) is 71.5 Å². The Balaban J connectivity index is 0.000000221. The van der Waals surface area contributed by atoms with E-state index in [0.717, 1.165) is 49.7 Å². The quantitative estimate of drug-likeness (QED) is 0.156. The normalized spacial score (nSPS) is 20.1. The van der Waals surface area contributed by atoms with Crippen molar-refractivity contribution < 1.29 is 9.53 Å². The summed E-state index contributed by atoms with van der Waals surface area (Å²) in [5.41, 5.74) is 8.47. The van der Waals surface area contributed by atoms with Gasteiger partial charge in [-0.15, -0.1) is 12.4 Å². The molecule has 0 saturated heterocycles. The average Bonchev–Trinajstić information content (AvgIpc) is 3.66. The molecular weight excluding hydrogens is 675 g/mol. The molecule has 2 unspecified atom stereocenters. The van der Waals surface area contributed by atoms with E-state index in [-0.39, 0.29) is 36.6 Å². The molecule has 256 valence electrons. The number of hydrogen-bond donors (Lipinski definition) is 4. The highest BCUT2D eigenvalue weighted by atomic mass is 35.5. The lowest BCUT2D eigenvalue weighted by Gasteiger charge is -2.21. The molecule has 4 aromatic heterocycles. The van der Waals surface area contributed by atoms with Gasteiger partial charge in [-0.2, -0.15) is 0 Å². The van der Waals surface area contributed by atoms with E-state index in [2.05, 4.69) is 45.9 Å². The van der Waals surface area contributed by atoms with Crippen molar-refractivity contribution in [3.8, 4) is 22.5 Å². The van der Waals surface area contributed by atoms with Crippen LogP contribution >= 0.6 is 35.6 Å². The van der Waals surface area contributed by atoms with Crippen LogP contribution in [-0.2, 0) is 4.74 Å². The van der Waals surface area contributed by atoms with E-state index in [1.165, 1.54) is 0 Å². The standard InChI is InChI=1S/C19H24ClN5O2.C14H16ClN5.ClH/c1-19(2,3)27-18(26)24-14-7-6-13(9-14)23-17-22-11-15(20)16(25-17)12-5-4-8-21-10-12;15-12-8-18-14(19-11-4-3-10(16)6-11)20-13(12)9-2-1-5-17-7-9;/h4-5,8,10-11,13-14H,6-7,9H2,1-3H3,(H,24,26)(H,22,23,25);1-2,5,7-8,10-11H,3-4,6,16H2,(H,18,19,20);1H/t13?,14-;10-,11?;/m11./s1. The molecule has 2 saturated carbocycles. The van der Waals surface area contributed by atoms with Gasteiger partial charge in [0.25, 0.3) is 0 Å². The third-order valence-corrected chi connectivity index (χ3v) is 8.20. The maximum absolute atomic E-state index is 11.9. The van der Waals surface area contributed by atoms with E-state index in [9.17, 15) is 4.79 Å². The fourth-order valence-electron chi connectivity index (χ4n) is 5.51. The molecule has 0 radical (unpaired) electrons. The number of nitrogens with one attached hydrogen (secondary N) is 3. The molecule has 0 aliphatic heterocycles. The molecule has 6 rings (SSSR count). The summed E-state index contributed by atoms with van der Waals surface area (Å²) in [6.07, 6.45) is 15.3. The number of carbonyl (C=O) groups excluding carboxylic acids is 1. The van der Waals surface area contributed by atoms with Crippen LogP contribution in [0.1, 0.15) is 59.3 Å². The molecule has 48 heavy (non-hydrogen) atoms. The van der Waals surface area contributed by atoms with Gasteiger partial charge in [-0.25, -0.2) is 24.7 Å². The number of aromatic nitrogens is 6. The van der Waals surface area contributed by atoms with Crippen molar-refractivity contribution in [1.29, 1.82) is 0 Å². The van der Waals surface area contributed by atoms with Crippen molar-refractivity contribution in [1.82, 2.24) is 35.2 Å². The van der Waals surface area contributed by atoms with Gasteiger partial charge >= 0.3 is 6.09 Å². The number of carbonyl (C=O) groups is 1. The Hall–Kier alpha value is -3.84. The van der Waals surface area contributed by atoms with Crippen LogP contribution in [0.5, 0.6) is 0 Å². The molecule has 2 aliphatic carbocycles. The van der Waals surface area contributed by atoms with E-state index >= 15 is 0 Å². The number of nitrogens with zero attached hydrogens (tertiary/aromatic N) is 6. The number of rotatable bonds is 7. The second kappa shape index (κ2) is 17.0. The lowest BCUT2D eigenvalue weighted by Crippen LogP contribution is -2.38. The summed E-state index contributed by atoms with van der Waals surface area (Å²) in [7, 11) is 0. The van der Waals surface area contributed by atoms with Crippen LogP contribution in [0.2, 0.25) is 10.0 Å². The van der Waals surface area contributed by atoms with E-state index < -0.39 is 5.60 Å². The van der Waals surface area contributed by atoms with E-state index in [1.807, 2.05) is 45.0 Å². The molecule has 2 aliphatic rings. The highest BCUT2D eigenvalue weighted by molar-refractivity contribution is 6.33. The highest BCUT2D eigenvalue weighted by Crippen LogP contribution is 2.29. The van der Waals surface area contributed by atoms with Crippen LogP contribution in [0.25, 0.3) is 22.5 Å². The summed E-state index contributed by atoms with van der Waals surface area (Å²) in [6, 6.07) is 8.39. The van der Waals surface area contributed by atoms with E-state index in [4.69, 9.17) is 33.7 Å². The number of hydrogen-bond acceptors (Lipinski definition) is 11. The van der Waals surface area contributed by atoms with Gasteiger partial charge in [0.1, 0.15) is 5.60 Å². The Morgan fingerprint density at radius 3 is 1.75 bits per heavy atom. The molecule has 0 bridgehead atoms. The van der Waals surface area contributed by atoms with Crippen LogP contribution in [0.15, 0.2) is 61.4 Å². The van der Waals surface area contributed by atoms with Crippen LogP contribution in [-0.4, -0.2) is 65.8 Å². The number of amides is 1. The van der Waals surface area contributed by atoms with Crippen LogP contribution in [0.4, 0.5) is 16.7 Å². The van der Waals surface area contributed by atoms with Crippen molar-refractivity contribution in [2.75, 3.05) is 10.6 Å². The van der Waals surface area contributed by atoms with Gasteiger partial charge in [0, 0.05) is 60.1 Å². The summed E-state index contributed by atoms with van der Waals surface area (Å²) < 4.78 is 5.32. The number of alkyl carbamates (subject to hydrolysis) is 1. The second-order valence-electron chi connectivity index (χ2n) is 12.7. The highest BCUT2D eigenvalue weighted by Gasteiger charge is 2.28. The minimum atomic E-state index is -0.500. The van der Waals surface area contributed by atoms with Crippen LogP contribution in [0, 0.1) is 0 Å². The Labute approximate surface area is 296 Å². The lowest BCUT2D eigenvalue weighted by atomic mass is 10.2. The van der Waals surface area contributed by atoms with Gasteiger partial charge in [-0.1, -0.05) is 23.2 Å². The summed E-state index contributed by atoms with van der Waals surface area (Å²) in [4.78, 5) is 37.7. The third kappa shape index (κ3) is 10.8. The van der Waals surface area contributed by atoms with Crippen molar-refractivity contribution >= 4 is 53.6 Å². The van der Waals surface area contributed by atoms with Gasteiger partial charge in [0.15, 0.2) is 0 Å². The molecule has 15 heteroatoms. The summed E-state index contributed by atoms with van der Waals surface area (Å²) in [5.74, 6) is 1.11. The number of pyridine rings is 2. The van der Waals surface area contributed by atoms with Gasteiger partial charge in [0.05, 0.1) is 33.8 Å². The third-order valence-electron chi connectivity index (χ3n) is 7.65. The zero-order valence-corrected chi connectivity index (χ0v) is 29.4. The minimum Gasteiger partial charge on any atom is -0.444 e. The zero-order valence-electron chi connectivity index (χ0n) is 27.1. The first kappa shape index (κ1) is 37.0. The van der Waals surface area contributed by atoms with Crippen molar-refractivity contribution in [3.63, 3.8) is 0 Å². The Morgan fingerprint density at radius 2 is 1.29 bits per heavy atom. The van der Waals surface area contributed by atoms with Crippen molar-refractivity contribution in [2.24, 2.45) is 5.73 Å². The molecule has 4 atom stereocenters. The first-order chi connectivity index (χ1) is 22.5. The largest absolute Gasteiger partial charge is 0.444 e. The van der Waals surface area contributed by atoms with Gasteiger partial charge < -0.3 is 26.4 Å². The smallest absolute Gasteiger partial charge is 0.407 e. The number of nitrogens with two attached hydrogens (primary N) is 1. The number of halogens is 3. The predicted molar refractivity (Wildman–Crippen MR) is 191 cm³/mol. The minimum absolute atomic E-state index is 0. The zero-order chi connectivity index (χ0) is 33.4. The lowest BCUT2D eigenvalue weighted by molar-refractivity contribution is 0.0505. The maximum atomic E-state index is 11.9. The molecular formula is C33H41Cl3N10O2. The average molecular weight is 716 g/mol. The topological polar surface area (TPSA) is 166 Å². The fraction of sp³-hybridized carbons (Fsp3) is 0.424. The molecule has 2 fully saturated rings. The Morgan fingerprint density at radius 1 is 0.792 bits per heavy atom. The summed E-state index contributed by atoms with van der Waals surface area (Å²) >= 11 is 12.4. The molecule has 5 N–H and O–H groups in total. The Kier molecular flexibility index (Phi) is 13.1. The molecule has 0 aromatic carbocycles. The molecule has 0 spiro atoms. The number of ether oxygens (including phenoxy) is 1. The summed E-state index contributed by atoms with van der Waals surface area (Å²) in [6.45, 7) is 5.55. The fourth-order valence-corrected chi connectivity index (χ4v) is 5.91. The van der Waals surface area contributed by atoms with E-state index in [0.29, 0.717) is 39.4 Å². The monoisotopic (exact) mass is 714 g/mol. The van der Waals surface area contributed by atoms with Gasteiger partial charge in [0.2, 0.25) is 11.9 Å². The van der Waals surface area contributed by atoms with E-state index in [1.54, 1.807) is 37.2 Å². The molecule has 1 amide bonds. The predicted octanol–water partition coefficient (Wildman–Crippen LogP) is 6.96. The summed E-state index contributed by atoms with van der Waals surface area (Å²) in [5, 5.41) is 10.6.